The van der Waals surface area contributed by atoms with Crippen LogP contribution in [0.5, 0.6) is 0 Å². The van der Waals surface area contributed by atoms with E-state index in [1.54, 1.807) is 0 Å². The molecule has 1 aliphatic rings. The van der Waals surface area contributed by atoms with Crippen molar-refractivity contribution in [1.82, 2.24) is 0 Å². The smallest absolute Gasteiger partial charge is 0.0162 e. The lowest BCUT2D eigenvalue weighted by Crippen LogP contribution is -1.91. The molecule has 0 heteroatoms. The molecule has 2 aromatic carbocycles. The number of hydrogen-bond donors (Lipinski definition) is 0. The standard InChI is InChI=1S/C17H18/c1-2-6-14(7-3-1)16-10-12-17(13-11-16)15-8-4-5-9-15/h1-3,6-7,10-13,15H,4-5,8-9H2. The first-order chi connectivity index (χ1) is 8.43. The van der Waals surface area contributed by atoms with Gasteiger partial charge in [-0.05, 0) is 35.4 Å². The van der Waals surface area contributed by atoms with Crippen LogP contribution in [-0.4, -0.2) is 0 Å². The highest BCUT2D eigenvalue weighted by molar-refractivity contribution is 5.63. The van der Waals surface area contributed by atoms with Crippen molar-refractivity contribution < 1.29 is 0 Å². The molecule has 1 saturated carbocycles. The van der Waals surface area contributed by atoms with E-state index in [1.165, 1.54) is 42.4 Å². The first kappa shape index (κ1) is 10.6. The first-order valence-corrected chi connectivity index (χ1v) is 6.59. The lowest BCUT2D eigenvalue weighted by atomic mass is 9.95. The van der Waals surface area contributed by atoms with Gasteiger partial charge in [0, 0.05) is 0 Å². The molecular weight excluding hydrogens is 204 g/mol. The van der Waals surface area contributed by atoms with Gasteiger partial charge in [-0.1, -0.05) is 67.4 Å². The van der Waals surface area contributed by atoms with Gasteiger partial charge in [0.15, 0.2) is 0 Å². The zero-order valence-corrected chi connectivity index (χ0v) is 10.1. The van der Waals surface area contributed by atoms with Crippen LogP contribution < -0.4 is 0 Å². The fourth-order valence-electron chi connectivity index (χ4n) is 2.84. The van der Waals surface area contributed by atoms with Gasteiger partial charge in [0.2, 0.25) is 0 Å². The van der Waals surface area contributed by atoms with Crippen LogP contribution in [0, 0.1) is 0 Å². The monoisotopic (exact) mass is 222 g/mol. The van der Waals surface area contributed by atoms with Gasteiger partial charge < -0.3 is 0 Å². The average molecular weight is 222 g/mol. The molecule has 0 aliphatic heterocycles. The van der Waals surface area contributed by atoms with Gasteiger partial charge in [-0.25, -0.2) is 0 Å². The summed E-state index contributed by atoms with van der Waals surface area (Å²) in [5.74, 6) is 0.819. The van der Waals surface area contributed by atoms with Crippen molar-refractivity contribution in [2.45, 2.75) is 31.6 Å². The predicted octanol–water partition coefficient (Wildman–Crippen LogP) is 5.01. The number of hydrogen-bond acceptors (Lipinski definition) is 0. The lowest BCUT2D eigenvalue weighted by molar-refractivity contribution is 0.723. The Morgan fingerprint density at radius 2 is 1.24 bits per heavy atom. The van der Waals surface area contributed by atoms with E-state index in [-0.39, 0.29) is 0 Å². The van der Waals surface area contributed by atoms with E-state index >= 15 is 0 Å². The van der Waals surface area contributed by atoms with E-state index in [0.717, 1.165) is 5.92 Å². The number of rotatable bonds is 2. The summed E-state index contributed by atoms with van der Waals surface area (Å²) >= 11 is 0. The summed E-state index contributed by atoms with van der Waals surface area (Å²) in [5.41, 5.74) is 4.17. The Morgan fingerprint density at radius 3 is 1.88 bits per heavy atom. The Balaban J connectivity index is 1.85. The molecule has 0 heterocycles. The summed E-state index contributed by atoms with van der Waals surface area (Å²) in [7, 11) is 0. The van der Waals surface area contributed by atoms with Gasteiger partial charge in [0.25, 0.3) is 0 Å². The van der Waals surface area contributed by atoms with Crippen LogP contribution in [0.1, 0.15) is 37.2 Å². The quantitative estimate of drug-likeness (QED) is 0.670. The summed E-state index contributed by atoms with van der Waals surface area (Å²) in [4.78, 5) is 0. The highest BCUT2D eigenvalue weighted by Gasteiger charge is 2.16. The third kappa shape index (κ3) is 2.26. The maximum absolute atomic E-state index is 2.32. The summed E-state index contributed by atoms with van der Waals surface area (Å²) < 4.78 is 0. The van der Waals surface area contributed by atoms with Crippen molar-refractivity contribution in [3.8, 4) is 11.1 Å². The maximum atomic E-state index is 2.32. The summed E-state index contributed by atoms with van der Waals surface area (Å²) in [6, 6.07) is 19.8. The molecule has 17 heavy (non-hydrogen) atoms. The molecule has 0 aromatic heterocycles. The van der Waals surface area contributed by atoms with E-state index in [2.05, 4.69) is 54.6 Å². The fourth-order valence-corrected chi connectivity index (χ4v) is 2.84. The molecule has 2 aromatic rings. The summed E-state index contributed by atoms with van der Waals surface area (Å²) in [5, 5.41) is 0. The molecule has 1 aliphatic carbocycles. The van der Waals surface area contributed by atoms with Gasteiger partial charge in [0.05, 0.1) is 0 Å². The van der Waals surface area contributed by atoms with Crippen LogP contribution in [0.15, 0.2) is 54.6 Å². The Hall–Kier alpha value is -1.56. The van der Waals surface area contributed by atoms with Crippen LogP contribution in [0.25, 0.3) is 11.1 Å². The Bertz CT molecular complexity index is 461. The van der Waals surface area contributed by atoms with E-state index in [1.807, 2.05) is 0 Å². The lowest BCUT2D eigenvalue weighted by Gasteiger charge is -2.10. The Labute approximate surface area is 103 Å². The largest absolute Gasteiger partial charge is 0.0622 e. The predicted molar refractivity (Wildman–Crippen MR) is 73.1 cm³/mol. The molecule has 0 radical (unpaired) electrons. The van der Waals surface area contributed by atoms with Gasteiger partial charge in [-0.3, -0.25) is 0 Å². The van der Waals surface area contributed by atoms with Gasteiger partial charge in [-0.2, -0.15) is 0 Å². The molecule has 0 atom stereocenters. The Morgan fingerprint density at radius 1 is 0.647 bits per heavy atom. The first-order valence-electron chi connectivity index (χ1n) is 6.59. The van der Waals surface area contributed by atoms with Crippen LogP contribution >= 0.6 is 0 Å². The topological polar surface area (TPSA) is 0 Å². The zero-order chi connectivity index (χ0) is 11.5. The molecule has 3 rings (SSSR count). The van der Waals surface area contributed by atoms with Crippen molar-refractivity contribution in [2.24, 2.45) is 0 Å². The molecule has 0 spiro atoms. The average Bonchev–Trinajstić information content (AvgIpc) is 2.94. The molecule has 1 fully saturated rings. The highest BCUT2D eigenvalue weighted by atomic mass is 14.2. The molecule has 0 bridgehead atoms. The van der Waals surface area contributed by atoms with Crippen molar-refractivity contribution >= 4 is 0 Å². The summed E-state index contributed by atoms with van der Waals surface area (Å²) in [6.07, 6.45) is 5.57. The van der Waals surface area contributed by atoms with Crippen molar-refractivity contribution in [3.63, 3.8) is 0 Å². The second kappa shape index (κ2) is 4.75. The highest BCUT2D eigenvalue weighted by Crippen LogP contribution is 2.34. The minimum absolute atomic E-state index is 0.819. The normalized spacial score (nSPS) is 16.2. The minimum Gasteiger partial charge on any atom is -0.0622 e. The van der Waals surface area contributed by atoms with E-state index < -0.39 is 0 Å². The molecule has 0 amide bonds. The van der Waals surface area contributed by atoms with Crippen LogP contribution in [0.4, 0.5) is 0 Å². The second-order valence-electron chi connectivity index (χ2n) is 4.97. The SMILES string of the molecule is c1ccc(-c2ccc(C3CCCC3)cc2)cc1. The van der Waals surface area contributed by atoms with Crippen molar-refractivity contribution in [2.75, 3.05) is 0 Å². The number of benzene rings is 2. The van der Waals surface area contributed by atoms with E-state index in [0.29, 0.717) is 0 Å². The Kier molecular flexibility index (Phi) is 2.96. The third-order valence-electron chi connectivity index (χ3n) is 3.84. The molecule has 0 unspecified atom stereocenters. The van der Waals surface area contributed by atoms with E-state index in [4.69, 9.17) is 0 Å². The second-order valence-corrected chi connectivity index (χ2v) is 4.97. The molecule has 0 N–H and O–H groups in total. The van der Waals surface area contributed by atoms with Gasteiger partial charge >= 0.3 is 0 Å². The van der Waals surface area contributed by atoms with Crippen molar-refractivity contribution in [3.05, 3.63) is 60.2 Å². The molecule has 0 nitrogen and oxygen atoms in total. The fraction of sp³-hybridized carbons (Fsp3) is 0.294. The molecule has 86 valence electrons. The zero-order valence-electron chi connectivity index (χ0n) is 10.1. The third-order valence-corrected chi connectivity index (χ3v) is 3.84. The van der Waals surface area contributed by atoms with Crippen LogP contribution in [-0.2, 0) is 0 Å². The van der Waals surface area contributed by atoms with Gasteiger partial charge in [-0.15, -0.1) is 0 Å². The van der Waals surface area contributed by atoms with Gasteiger partial charge in [0.1, 0.15) is 0 Å². The van der Waals surface area contributed by atoms with Crippen LogP contribution in [0.2, 0.25) is 0 Å². The minimum atomic E-state index is 0.819. The maximum Gasteiger partial charge on any atom is -0.0162 e. The molecular formula is C17H18. The van der Waals surface area contributed by atoms with Crippen molar-refractivity contribution in [1.29, 1.82) is 0 Å². The summed E-state index contributed by atoms with van der Waals surface area (Å²) in [6.45, 7) is 0. The molecule has 0 saturated heterocycles. The van der Waals surface area contributed by atoms with Crippen LogP contribution in [0.3, 0.4) is 0 Å². The van der Waals surface area contributed by atoms with E-state index in [9.17, 15) is 0 Å².